The quantitative estimate of drug-likeness (QED) is 0.785. The zero-order chi connectivity index (χ0) is 11.6. The van der Waals surface area contributed by atoms with Gasteiger partial charge < -0.3 is 0 Å². The second-order valence-corrected chi connectivity index (χ2v) is 6.66. The lowest BCUT2D eigenvalue weighted by Gasteiger charge is -2.26. The van der Waals surface area contributed by atoms with Crippen molar-refractivity contribution in [3.8, 4) is 0 Å². The van der Waals surface area contributed by atoms with Crippen molar-refractivity contribution in [3.63, 3.8) is 0 Å². The van der Waals surface area contributed by atoms with E-state index in [0.717, 1.165) is 13.1 Å². The summed E-state index contributed by atoms with van der Waals surface area (Å²) < 4.78 is 24.2. The summed E-state index contributed by atoms with van der Waals surface area (Å²) in [6, 6.07) is 0. The van der Waals surface area contributed by atoms with Crippen molar-refractivity contribution in [2.75, 3.05) is 31.1 Å². The lowest BCUT2D eigenvalue weighted by molar-refractivity contribution is 0.278. The van der Waals surface area contributed by atoms with Gasteiger partial charge in [0.05, 0.1) is 29.3 Å². The molecule has 1 aliphatic rings. The monoisotopic (exact) mass is 263 g/mol. The summed E-state index contributed by atoms with van der Waals surface area (Å²) in [5, 5.41) is 4.69. The van der Waals surface area contributed by atoms with Crippen LogP contribution in [0.5, 0.6) is 0 Å². The fraction of sp³-hybridized carbons (Fsp3) is 0.667. The minimum absolute atomic E-state index is 0.271. The van der Waals surface area contributed by atoms with E-state index in [1.165, 1.54) is 0 Å². The molecule has 0 radical (unpaired) electrons. The third-order valence-corrected chi connectivity index (χ3v) is 4.49. The molecule has 2 heterocycles. The maximum Gasteiger partial charge on any atom is 0.152 e. The third kappa shape index (κ3) is 3.20. The van der Waals surface area contributed by atoms with Crippen LogP contribution in [0.3, 0.4) is 0 Å². The van der Waals surface area contributed by atoms with E-state index in [1.54, 1.807) is 17.1 Å². The van der Waals surface area contributed by atoms with E-state index in [4.69, 9.17) is 11.6 Å². The predicted molar refractivity (Wildman–Crippen MR) is 62.3 cm³/mol. The highest BCUT2D eigenvalue weighted by Gasteiger charge is 2.20. The topological polar surface area (TPSA) is 55.2 Å². The fourth-order valence-electron chi connectivity index (χ4n) is 1.68. The van der Waals surface area contributed by atoms with Crippen LogP contribution in [0.1, 0.15) is 0 Å². The second kappa shape index (κ2) is 4.73. The molecule has 90 valence electrons. The van der Waals surface area contributed by atoms with Crippen LogP contribution in [0.25, 0.3) is 0 Å². The zero-order valence-electron chi connectivity index (χ0n) is 8.84. The molecule has 0 spiro atoms. The van der Waals surface area contributed by atoms with E-state index >= 15 is 0 Å². The Bertz CT molecular complexity index is 443. The number of halogens is 1. The van der Waals surface area contributed by atoms with E-state index in [2.05, 4.69) is 10.00 Å². The Hall–Kier alpha value is -0.590. The predicted octanol–water partition coefficient (Wildman–Crippen LogP) is 0.267. The zero-order valence-corrected chi connectivity index (χ0v) is 10.4. The van der Waals surface area contributed by atoms with Crippen LogP contribution >= 0.6 is 11.6 Å². The Morgan fingerprint density at radius 1 is 1.31 bits per heavy atom. The Kier molecular flexibility index (Phi) is 3.51. The Balaban J connectivity index is 1.80. The van der Waals surface area contributed by atoms with Crippen molar-refractivity contribution in [2.24, 2.45) is 0 Å². The van der Waals surface area contributed by atoms with E-state index in [0.29, 0.717) is 18.1 Å². The number of rotatable bonds is 3. The molecule has 0 aromatic carbocycles. The van der Waals surface area contributed by atoms with Gasteiger partial charge in [-0.25, -0.2) is 8.42 Å². The molecule has 1 aromatic rings. The lowest BCUT2D eigenvalue weighted by Crippen LogP contribution is -2.41. The van der Waals surface area contributed by atoms with Crippen molar-refractivity contribution in [3.05, 3.63) is 17.4 Å². The molecule has 1 fully saturated rings. The van der Waals surface area contributed by atoms with Crippen LogP contribution in [0, 0.1) is 0 Å². The van der Waals surface area contributed by atoms with Crippen molar-refractivity contribution in [2.45, 2.75) is 6.54 Å². The van der Waals surface area contributed by atoms with Gasteiger partial charge in [-0.2, -0.15) is 5.10 Å². The molecule has 0 amide bonds. The first-order valence-electron chi connectivity index (χ1n) is 5.16. The van der Waals surface area contributed by atoms with E-state index in [9.17, 15) is 8.42 Å². The molecule has 0 aliphatic carbocycles. The van der Waals surface area contributed by atoms with Crippen molar-refractivity contribution in [1.82, 2.24) is 14.7 Å². The van der Waals surface area contributed by atoms with E-state index < -0.39 is 9.84 Å². The molecule has 0 N–H and O–H groups in total. The number of aromatic nitrogens is 2. The average molecular weight is 264 g/mol. The lowest BCUT2D eigenvalue weighted by atomic mass is 10.4. The Morgan fingerprint density at radius 2 is 2.00 bits per heavy atom. The molecular formula is C9H14ClN3O2S. The molecule has 5 nitrogen and oxygen atoms in total. The number of hydrogen-bond acceptors (Lipinski definition) is 4. The number of hydrogen-bond donors (Lipinski definition) is 0. The van der Waals surface area contributed by atoms with Gasteiger partial charge in [0.2, 0.25) is 0 Å². The molecule has 0 saturated carbocycles. The van der Waals surface area contributed by atoms with Crippen molar-refractivity contribution in [1.29, 1.82) is 0 Å². The molecule has 16 heavy (non-hydrogen) atoms. The van der Waals surface area contributed by atoms with Crippen LogP contribution in [0.4, 0.5) is 0 Å². The smallest absolute Gasteiger partial charge is 0.152 e. The average Bonchev–Trinajstić information content (AvgIpc) is 2.63. The summed E-state index contributed by atoms with van der Waals surface area (Å²) in [6.45, 7) is 2.80. The summed E-state index contributed by atoms with van der Waals surface area (Å²) in [6.07, 6.45) is 3.37. The maximum absolute atomic E-state index is 11.2. The molecule has 2 rings (SSSR count). The van der Waals surface area contributed by atoms with Crippen LogP contribution in [-0.2, 0) is 16.4 Å². The molecule has 0 unspecified atom stereocenters. The number of nitrogens with zero attached hydrogens (tertiary/aromatic N) is 3. The number of sulfone groups is 1. The fourth-order valence-corrected chi connectivity index (χ4v) is 3.11. The summed E-state index contributed by atoms with van der Waals surface area (Å²) in [7, 11) is -2.78. The summed E-state index contributed by atoms with van der Waals surface area (Å²) in [5.74, 6) is 0.541. The minimum Gasteiger partial charge on any atom is -0.299 e. The Labute approximate surface area is 99.9 Å². The van der Waals surface area contributed by atoms with Gasteiger partial charge in [-0.15, -0.1) is 0 Å². The van der Waals surface area contributed by atoms with Crippen molar-refractivity contribution < 1.29 is 8.42 Å². The highest BCUT2D eigenvalue weighted by molar-refractivity contribution is 7.91. The van der Waals surface area contributed by atoms with Gasteiger partial charge in [-0.3, -0.25) is 9.58 Å². The molecule has 1 aliphatic heterocycles. The highest BCUT2D eigenvalue weighted by Crippen LogP contribution is 2.06. The van der Waals surface area contributed by atoms with Gasteiger partial charge in [-0.1, -0.05) is 11.6 Å². The van der Waals surface area contributed by atoms with Gasteiger partial charge in [0.25, 0.3) is 0 Å². The molecule has 0 bridgehead atoms. The SMILES string of the molecule is O=S1(=O)CCN(CCn2cc(Cl)cn2)CC1. The van der Waals surface area contributed by atoms with Gasteiger partial charge in [0.15, 0.2) is 9.84 Å². The van der Waals surface area contributed by atoms with Gasteiger partial charge in [-0.05, 0) is 0 Å². The van der Waals surface area contributed by atoms with Crippen molar-refractivity contribution >= 4 is 21.4 Å². The van der Waals surface area contributed by atoms with Crippen LogP contribution in [-0.4, -0.2) is 54.2 Å². The molecule has 0 atom stereocenters. The van der Waals surface area contributed by atoms with Crippen LogP contribution in [0.15, 0.2) is 12.4 Å². The molecule has 7 heteroatoms. The van der Waals surface area contributed by atoms with E-state index in [-0.39, 0.29) is 11.5 Å². The Morgan fingerprint density at radius 3 is 2.56 bits per heavy atom. The summed E-state index contributed by atoms with van der Waals surface area (Å²) in [5.41, 5.74) is 0. The first-order chi connectivity index (χ1) is 7.55. The first-order valence-corrected chi connectivity index (χ1v) is 7.36. The molecule has 1 aromatic heterocycles. The van der Waals surface area contributed by atoms with Gasteiger partial charge in [0.1, 0.15) is 0 Å². The van der Waals surface area contributed by atoms with Crippen LogP contribution < -0.4 is 0 Å². The maximum atomic E-state index is 11.2. The van der Waals surface area contributed by atoms with Crippen LogP contribution in [0.2, 0.25) is 5.02 Å². The third-order valence-electron chi connectivity index (χ3n) is 2.68. The highest BCUT2D eigenvalue weighted by atomic mass is 35.5. The van der Waals surface area contributed by atoms with E-state index in [1.807, 2.05) is 0 Å². The van der Waals surface area contributed by atoms with Gasteiger partial charge in [0, 0.05) is 25.8 Å². The summed E-state index contributed by atoms with van der Waals surface area (Å²) in [4.78, 5) is 2.14. The molecule has 1 saturated heterocycles. The normalized spacial score (nSPS) is 21.1. The van der Waals surface area contributed by atoms with Gasteiger partial charge >= 0.3 is 0 Å². The largest absolute Gasteiger partial charge is 0.299 e. The summed E-state index contributed by atoms with van der Waals surface area (Å²) >= 11 is 5.74. The minimum atomic E-state index is -2.78. The standard InChI is InChI=1S/C9H14ClN3O2S/c10-9-7-11-13(8-9)2-1-12-3-5-16(14,15)6-4-12/h7-8H,1-6H2. The molecular weight excluding hydrogens is 250 g/mol. The first kappa shape index (κ1) is 11.9. The second-order valence-electron chi connectivity index (χ2n) is 3.92.